The van der Waals surface area contributed by atoms with Crippen LogP contribution < -0.4 is 0 Å². The minimum atomic E-state index is -0.887. The van der Waals surface area contributed by atoms with Gasteiger partial charge in [-0.25, -0.2) is 0 Å². The second-order valence-electron chi connectivity index (χ2n) is 8.47. The van der Waals surface area contributed by atoms with Gasteiger partial charge in [0.2, 0.25) is 0 Å². The largest absolute Gasteiger partial charge is 0.389 e. The molecule has 4 aliphatic carbocycles. The molecular formula is C20H28O2. The van der Waals surface area contributed by atoms with Crippen molar-refractivity contribution in [3.8, 4) is 12.3 Å². The van der Waals surface area contributed by atoms with Crippen LogP contribution in [0, 0.1) is 41.4 Å². The third-order valence-electron chi connectivity index (χ3n) is 7.82. The van der Waals surface area contributed by atoms with Crippen molar-refractivity contribution < 1.29 is 10.2 Å². The van der Waals surface area contributed by atoms with Crippen LogP contribution in [0.2, 0.25) is 0 Å². The normalized spacial score (nSPS) is 53.7. The minimum Gasteiger partial charge on any atom is -0.389 e. The van der Waals surface area contributed by atoms with Crippen molar-refractivity contribution in [3.05, 3.63) is 11.6 Å². The molecule has 2 N–H and O–H groups in total. The topological polar surface area (TPSA) is 40.5 Å². The van der Waals surface area contributed by atoms with Gasteiger partial charge >= 0.3 is 0 Å². The Labute approximate surface area is 134 Å². The number of hydrogen-bond acceptors (Lipinski definition) is 2. The van der Waals surface area contributed by atoms with Gasteiger partial charge in [-0.05, 0) is 75.0 Å². The van der Waals surface area contributed by atoms with E-state index in [1.165, 1.54) is 18.4 Å². The van der Waals surface area contributed by atoms with E-state index in [4.69, 9.17) is 6.42 Å². The van der Waals surface area contributed by atoms with Crippen LogP contribution in [0.15, 0.2) is 11.6 Å². The molecule has 0 heterocycles. The maximum Gasteiger partial charge on any atom is 0.130 e. The Morgan fingerprint density at radius 3 is 2.73 bits per heavy atom. The first kappa shape index (κ1) is 14.8. The standard InChI is InChI=1S/C20H28O2/c1-3-20(22)11-9-18-17-6-4-13-12-14(21)5-7-15(13)16(17)8-10-19(18,20)2/h1,12,14-18,21-22H,4-11H2,2H3/t14-,15-,16+,17+,18-,19-,20?/m0/s1. The Bertz CT molecular complexity index is 544. The fraction of sp³-hybridized carbons (Fsp3) is 0.800. The van der Waals surface area contributed by atoms with E-state index >= 15 is 0 Å². The van der Waals surface area contributed by atoms with Crippen LogP contribution in [-0.2, 0) is 0 Å². The molecular weight excluding hydrogens is 272 g/mol. The summed E-state index contributed by atoms with van der Waals surface area (Å²) in [5.74, 6) is 5.50. The van der Waals surface area contributed by atoms with E-state index in [9.17, 15) is 10.2 Å². The molecule has 2 heteroatoms. The van der Waals surface area contributed by atoms with E-state index < -0.39 is 5.60 Å². The first-order chi connectivity index (χ1) is 10.5. The fourth-order valence-electron chi connectivity index (χ4n) is 6.57. The molecule has 4 aliphatic rings. The number of terminal acetylenes is 1. The Hall–Kier alpha value is -0.780. The van der Waals surface area contributed by atoms with Gasteiger partial charge in [0.05, 0.1) is 6.10 Å². The molecule has 0 saturated heterocycles. The van der Waals surface area contributed by atoms with Crippen molar-refractivity contribution in [2.24, 2.45) is 29.1 Å². The van der Waals surface area contributed by atoms with Gasteiger partial charge in [-0.3, -0.25) is 0 Å². The lowest BCUT2D eigenvalue weighted by Crippen LogP contribution is -2.52. The lowest BCUT2D eigenvalue weighted by atomic mass is 9.50. The van der Waals surface area contributed by atoms with Gasteiger partial charge in [0, 0.05) is 5.41 Å². The number of rotatable bonds is 0. The Morgan fingerprint density at radius 1 is 1.14 bits per heavy atom. The molecule has 4 rings (SSSR count). The summed E-state index contributed by atoms with van der Waals surface area (Å²) in [5.41, 5.74) is 0.550. The van der Waals surface area contributed by atoms with Gasteiger partial charge in [-0.15, -0.1) is 6.42 Å². The second kappa shape index (κ2) is 4.86. The summed E-state index contributed by atoms with van der Waals surface area (Å²) in [6, 6.07) is 0. The van der Waals surface area contributed by atoms with Gasteiger partial charge < -0.3 is 10.2 Å². The van der Waals surface area contributed by atoms with Gasteiger partial charge in [-0.2, -0.15) is 0 Å². The monoisotopic (exact) mass is 300 g/mol. The van der Waals surface area contributed by atoms with E-state index in [-0.39, 0.29) is 11.5 Å². The highest BCUT2D eigenvalue weighted by atomic mass is 16.3. The van der Waals surface area contributed by atoms with Crippen LogP contribution in [0.3, 0.4) is 0 Å². The van der Waals surface area contributed by atoms with Crippen molar-refractivity contribution >= 4 is 0 Å². The molecule has 0 bridgehead atoms. The molecule has 0 amide bonds. The zero-order chi connectivity index (χ0) is 15.5. The van der Waals surface area contributed by atoms with Crippen LogP contribution in [-0.4, -0.2) is 21.9 Å². The zero-order valence-corrected chi connectivity index (χ0v) is 13.6. The average molecular weight is 300 g/mol. The minimum absolute atomic E-state index is 0.0850. The van der Waals surface area contributed by atoms with Crippen LogP contribution in [0.5, 0.6) is 0 Å². The fourth-order valence-corrected chi connectivity index (χ4v) is 6.57. The summed E-state index contributed by atoms with van der Waals surface area (Å²) < 4.78 is 0. The molecule has 0 aliphatic heterocycles. The van der Waals surface area contributed by atoms with E-state index in [0.29, 0.717) is 11.8 Å². The van der Waals surface area contributed by atoms with Crippen LogP contribution in [0.4, 0.5) is 0 Å². The Kier molecular flexibility index (Phi) is 3.26. The number of fused-ring (bicyclic) bond motifs is 5. The Morgan fingerprint density at radius 2 is 1.95 bits per heavy atom. The van der Waals surface area contributed by atoms with Crippen LogP contribution in [0.1, 0.15) is 58.3 Å². The summed E-state index contributed by atoms with van der Waals surface area (Å²) >= 11 is 0. The van der Waals surface area contributed by atoms with E-state index in [1.54, 1.807) is 0 Å². The molecule has 22 heavy (non-hydrogen) atoms. The molecule has 3 saturated carbocycles. The number of hydrogen-bond donors (Lipinski definition) is 2. The van der Waals surface area contributed by atoms with Crippen LogP contribution in [0.25, 0.3) is 0 Å². The molecule has 2 nitrogen and oxygen atoms in total. The van der Waals surface area contributed by atoms with Crippen molar-refractivity contribution in [1.82, 2.24) is 0 Å². The van der Waals surface area contributed by atoms with E-state index in [1.807, 2.05) is 0 Å². The molecule has 0 aromatic heterocycles. The summed E-state index contributed by atoms with van der Waals surface area (Å²) in [7, 11) is 0. The molecule has 1 unspecified atom stereocenters. The smallest absolute Gasteiger partial charge is 0.130 e. The lowest BCUT2D eigenvalue weighted by molar-refractivity contribution is -0.0865. The van der Waals surface area contributed by atoms with E-state index in [0.717, 1.165) is 50.4 Å². The Balaban J connectivity index is 1.64. The average Bonchev–Trinajstić information content (AvgIpc) is 2.79. The maximum atomic E-state index is 10.9. The molecule has 7 atom stereocenters. The van der Waals surface area contributed by atoms with Crippen molar-refractivity contribution in [2.45, 2.75) is 70.0 Å². The third kappa shape index (κ3) is 1.82. The maximum absolute atomic E-state index is 10.9. The summed E-state index contributed by atoms with van der Waals surface area (Å²) in [6.45, 7) is 2.25. The van der Waals surface area contributed by atoms with Gasteiger partial charge in [0.15, 0.2) is 0 Å². The predicted molar refractivity (Wildman–Crippen MR) is 86.9 cm³/mol. The van der Waals surface area contributed by atoms with Gasteiger partial charge in [-0.1, -0.05) is 24.5 Å². The number of aliphatic hydroxyl groups is 2. The second-order valence-corrected chi connectivity index (χ2v) is 8.47. The predicted octanol–water partition coefficient (Wildman–Crippen LogP) is 3.28. The molecule has 120 valence electrons. The van der Waals surface area contributed by atoms with E-state index in [2.05, 4.69) is 18.9 Å². The van der Waals surface area contributed by atoms with Crippen LogP contribution >= 0.6 is 0 Å². The third-order valence-corrected chi connectivity index (χ3v) is 7.82. The highest BCUT2D eigenvalue weighted by Crippen LogP contribution is 2.64. The first-order valence-electron chi connectivity index (χ1n) is 9.07. The summed E-state index contributed by atoms with van der Waals surface area (Å²) in [4.78, 5) is 0. The molecule has 3 fully saturated rings. The molecule has 0 radical (unpaired) electrons. The van der Waals surface area contributed by atoms with Crippen molar-refractivity contribution in [3.63, 3.8) is 0 Å². The SMILES string of the molecule is C#CC1(O)CC[C@H]2[C@@H]3CCC4=C[C@@H](O)CC[C@@H]4[C@H]3CC[C@@]21C. The quantitative estimate of drug-likeness (QED) is 0.532. The number of allylic oxidation sites excluding steroid dienone is 1. The molecule has 0 aromatic carbocycles. The highest BCUT2D eigenvalue weighted by molar-refractivity contribution is 5.25. The van der Waals surface area contributed by atoms with Crippen molar-refractivity contribution in [1.29, 1.82) is 0 Å². The number of aliphatic hydroxyl groups excluding tert-OH is 1. The highest BCUT2D eigenvalue weighted by Gasteiger charge is 2.61. The zero-order valence-electron chi connectivity index (χ0n) is 13.6. The summed E-state index contributed by atoms with van der Waals surface area (Å²) in [5, 5.41) is 20.8. The van der Waals surface area contributed by atoms with Crippen molar-refractivity contribution in [2.75, 3.05) is 0 Å². The molecule has 0 aromatic rings. The summed E-state index contributed by atoms with van der Waals surface area (Å²) in [6.07, 6.45) is 16.2. The molecule has 0 spiro atoms. The lowest BCUT2D eigenvalue weighted by Gasteiger charge is -2.55. The van der Waals surface area contributed by atoms with Gasteiger partial charge in [0.25, 0.3) is 0 Å². The first-order valence-corrected chi connectivity index (χ1v) is 9.07. The van der Waals surface area contributed by atoms with Gasteiger partial charge in [0.1, 0.15) is 5.60 Å².